The highest BCUT2D eigenvalue weighted by atomic mass is 16.5. The van der Waals surface area contributed by atoms with Crippen molar-refractivity contribution in [1.29, 1.82) is 0 Å². The maximum absolute atomic E-state index is 12.0. The number of carbonyl (C=O) groups is 3. The number of amides is 1. The number of esters is 1. The highest BCUT2D eigenvalue weighted by molar-refractivity contribution is 5.99. The van der Waals surface area contributed by atoms with Gasteiger partial charge in [0.25, 0.3) is 5.91 Å². The first-order valence-corrected chi connectivity index (χ1v) is 6.74. The van der Waals surface area contributed by atoms with Gasteiger partial charge in [0.1, 0.15) is 5.76 Å². The number of carbonyl (C=O) groups excluding carboxylic acids is 3. The molecule has 1 aliphatic rings. The monoisotopic (exact) mass is 305 g/mol. The molecule has 0 aromatic carbocycles. The van der Waals surface area contributed by atoms with Crippen molar-refractivity contribution in [3.63, 3.8) is 0 Å². The number of hydrogen-bond donors (Lipinski definition) is 1. The maximum atomic E-state index is 12.0. The molecule has 1 N–H and O–H groups in total. The van der Waals surface area contributed by atoms with Crippen molar-refractivity contribution in [1.82, 2.24) is 5.32 Å². The Morgan fingerprint density at radius 1 is 1.05 bits per heavy atom. The van der Waals surface area contributed by atoms with E-state index >= 15 is 0 Å². The quantitative estimate of drug-likeness (QED) is 0.715. The Hall–Kier alpha value is -2.63. The number of ether oxygens (including phenoxy) is 2. The second-order valence-electron chi connectivity index (χ2n) is 4.41. The first kappa shape index (κ1) is 17.4. The van der Waals surface area contributed by atoms with Gasteiger partial charge in [-0.05, 0) is 24.3 Å². The van der Waals surface area contributed by atoms with Gasteiger partial charge in [-0.15, -0.1) is 0 Å². The lowest BCUT2D eigenvalue weighted by Gasteiger charge is -2.06. The molecule has 1 aliphatic carbocycles. The van der Waals surface area contributed by atoms with E-state index in [-0.39, 0.29) is 31.1 Å². The van der Waals surface area contributed by atoms with E-state index in [1.54, 1.807) is 43.6 Å². The second kappa shape index (κ2) is 9.33. The molecular formula is C16H19NO5. The third kappa shape index (κ3) is 6.21. The van der Waals surface area contributed by atoms with Crippen molar-refractivity contribution in [2.75, 3.05) is 20.8 Å². The fraction of sp³-hybridized carbons (Fsp3) is 0.312. The Morgan fingerprint density at radius 2 is 1.77 bits per heavy atom. The fourth-order valence-electron chi connectivity index (χ4n) is 1.60. The van der Waals surface area contributed by atoms with Crippen molar-refractivity contribution < 1.29 is 23.9 Å². The predicted octanol–water partition coefficient (Wildman–Crippen LogP) is 1.21. The van der Waals surface area contributed by atoms with Crippen LogP contribution >= 0.6 is 0 Å². The molecule has 0 saturated heterocycles. The van der Waals surface area contributed by atoms with Gasteiger partial charge < -0.3 is 14.8 Å². The zero-order chi connectivity index (χ0) is 16.4. The number of nitrogens with one attached hydrogen (secondary N) is 1. The molecule has 0 aromatic rings. The standard InChI is InChI=1S/C16H19NO5/c1-21-14-7-3-5-12(6-4-8-14)16(20)17-11-13(18)9-10-15(19)22-2/h3-8H,9-11H2,1-2H3,(H,17,20)/b5-3-,6-4?,7-3?,8-4-,12-5?,12-6+,14-7+,14-8?. The first-order valence-electron chi connectivity index (χ1n) is 6.74. The van der Waals surface area contributed by atoms with Gasteiger partial charge in [0.2, 0.25) is 0 Å². The Morgan fingerprint density at radius 3 is 2.45 bits per heavy atom. The minimum Gasteiger partial charge on any atom is -0.497 e. The lowest BCUT2D eigenvalue weighted by molar-refractivity contribution is -0.141. The van der Waals surface area contributed by atoms with Crippen molar-refractivity contribution in [3.8, 4) is 0 Å². The Bertz CT molecular complexity index is 555. The molecule has 0 fully saturated rings. The summed E-state index contributed by atoms with van der Waals surface area (Å²) in [6.45, 7) is -0.121. The van der Waals surface area contributed by atoms with Crippen LogP contribution < -0.4 is 5.32 Å². The van der Waals surface area contributed by atoms with Gasteiger partial charge in [-0.1, -0.05) is 12.2 Å². The number of ketones is 1. The normalized spacial score (nSPS) is 21.0. The number of Topliss-reactive ketones (excluding diaryl/α,β-unsaturated/α-hetero) is 1. The van der Waals surface area contributed by atoms with Crippen LogP contribution in [0.2, 0.25) is 0 Å². The molecule has 0 heterocycles. The lowest BCUT2D eigenvalue weighted by atomic mass is 10.1. The third-order valence-corrected chi connectivity index (χ3v) is 2.85. The van der Waals surface area contributed by atoms with Gasteiger partial charge in [0.15, 0.2) is 5.78 Å². The summed E-state index contributed by atoms with van der Waals surface area (Å²) in [4.78, 5) is 34.4. The topological polar surface area (TPSA) is 81.7 Å². The van der Waals surface area contributed by atoms with Gasteiger partial charge in [-0.2, -0.15) is 0 Å². The van der Waals surface area contributed by atoms with Crippen LogP contribution in [0.4, 0.5) is 0 Å². The van der Waals surface area contributed by atoms with Gasteiger partial charge in [0, 0.05) is 12.0 Å². The van der Waals surface area contributed by atoms with E-state index in [2.05, 4.69) is 10.1 Å². The smallest absolute Gasteiger partial charge is 0.305 e. The molecule has 0 radical (unpaired) electrons. The minimum atomic E-state index is -0.448. The van der Waals surface area contributed by atoms with Crippen LogP contribution in [0, 0.1) is 0 Å². The fourth-order valence-corrected chi connectivity index (χ4v) is 1.60. The number of rotatable bonds is 7. The molecule has 0 atom stereocenters. The second-order valence-corrected chi connectivity index (χ2v) is 4.41. The molecule has 6 heteroatoms. The van der Waals surface area contributed by atoms with Gasteiger partial charge in [-0.25, -0.2) is 0 Å². The summed E-state index contributed by atoms with van der Waals surface area (Å²) in [5.74, 6) is -0.367. The van der Waals surface area contributed by atoms with E-state index in [9.17, 15) is 14.4 Å². The molecule has 0 spiro atoms. The zero-order valence-corrected chi connectivity index (χ0v) is 12.6. The van der Waals surface area contributed by atoms with E-state index in [1.807, 2.05) is 0 Å². The Labute approximate surface area is 129 Å². The maximum Gasteiger partial charge on any atom is 0.305 e. The summed E-state index contributed by atoms with van der Waals surface area (Å²) in [6, 6.07) is 0. The van der Waals surface area contributed by atoms with Crippen molar-refractivity contribution in [3.05, 3.63) is 47.8 Å². The summed E-state index contributed by atoms with van der Waals surface area (Å²) in [5.41, 5.74) is 0.420. The molecule has 1 amide bonds. The van der Waals surface area contributed by atoms with Crippen LogP contribution in [-0.2, 0) is 23.9 Å². The molecule has 0 saturated carbocycles. The molecule has 0 unspecified atom stereocenters. The van der Waals surface area contributed by atoms with E-state index in [0.717, 1.165) is 0 Å². The van der Waals surface area contributed by atoms with E-state index in [1.165, 1.54) is 7.11 Å². The number of allylic oxidation sites excluding steroid dienone is 5. The minimum absolute atomic E-state index is 0.0150. The van der Waals surface area contributed by atoms with Crippen molar-refractivity contribution in [2.45, 2.75) is 12.8 Å². The summed E-state index contributed by atoms with van der Waals surface area (Å²) in [6.07, 6.45) is 10.1. The average molecular weight is 305 g/mol. The summed E-state index contributed by atoms with van der Waals surface area (Å²) < 4.78 is 9.51. The van der Waals surface area contributed by atoms with Crippen LogP contribution in [0.5, 0.6) is 0 Å². The summed E-state index contributed by atoms with van der Waals surface area (Å²) in [7, 11) is 2.82. The molecule has 0 bridgehead atoms. The SMILES string of the molecule is COC(=O)CCC(=O)CNC(=O)C1=C/C=C\C(OC)=C/C=C\1. The molecule has 0 aliphatic heterocycles. The highest BCUT2D eigenvalue weighted by Crippen LogP contribution is 2.06. The van der Waals surface area contributed by atoms with Gasteiger partial charge in [0.05, 0.1) is 27.2 Å². The van der Waals surface area contributed by atoms with E-state index in [0.29, 0.717) is 11.3 Å². The van der Waals surface area contributed by atoms with Gasteiger partial charge >= 0.3 is 5.97 Å². The van der Waals surface area contributed by atoms with E-state index in [4.69, 9.17) is 4.74 Å². The third-order valence-electron chi connectivity index (χ3n) is 2.85. The summed E-state index contributed by atoms with van der Waals surface area (Å²) in [5, 5.41) is 2.52. The molecule has 6 nitrogen and oxygen atoms in total. The first-order chi connectivity index (χ1) is 10.6. The summed E-state index contributed by atoms with van der Waals surface area (Å²) >= 11 is 0. The van der Waals surface area contributed by atoms with Crippen molar-refractivity contribution >= 4 is 17.7 Å². The van der Waals surface area contributed by atoms with Crippen LogP contribution in [-0.4, -0.2) is 38.4 Å². The van der Waals surface area contributed by atoms with Crippen LogP contribution in [0.15, 0.2) is 47.8 Å². The molecule has 118 valence electrons. The Balaban J connectivity index is 2.46. The average Bonchev–Trinajstić information content (AvgIpc) is 2.50. The van der Waals surface area contributed by atoms with Crippen LogP contribution in [0.1, 0.15) is 12.8 Å². The zero-order valence-electron chi connectivity index (χ0n) is 12.6. The van der Waals surface area contributed by atoms with Gasteiger partial charge in [-0.3, -0.25) is 14.4 Å². The largest absolute Gasteiger partial charge is 0.497 e. The molecule has 1 rings (SSSR count). The van der Waals surface area contributed by atoms with E-state index < -0.39 is 5.97 Å². The van der Waals surface area contributed by atoms with Crippen molar-refractivity contribution in [2.24, 2.45) is 0 Å². The molecule has 0 aromatic heterocycles. The number of methoxy groups -OCH3 is 2. The highest BCUT2D eigenvalue weighted by Gasteiger charge is 2.10. The predicted molar refractivity (Wildman–Crippen MR) is 80.7 cm³/mol. The van der Waals surface area contributed by atoms with Crippen LogP contribution in [0.3, 0.4) is 0 Å². The number of hydrogen-bond acceptors (Lipinski definition) is 5. The molecule has 22 heavy (non-hydrogen) atoms. The Kier molecular flexibility index (Phi) is 7.39. The molecular weight excluding hydrogens is 286 g/mol. The lowest BCUT2D eigenvalue weighted by Crippen LogP contribution is -2.30. The van der Waals surface area contributed by atoms with Crippen LogP contribution in [0.25, 0.3) is 0 Å².